The number of rotatable bonds is 7. The Kier molecular flexibility index (Phi) is 6.60. The minimum atomic E-state index is -4.52. The van der Waals surface area contributed by atoms with Gasteiger partial charge < -0.3 is 20.5 Å². The summed E-state index contributed by atoms with van der Waals surface area (Å²) in [5.41, 5.74) is 4.43. The van der Waals surface area contributed by atoms with E-state index in [9.17, 15) is 18.0 Å². The Morgan fingerprint density at radius 3 is 2.62 bits per heavy atom. The van der Waals surface area contributed by atoms with Gasteiger partial charge in [-0.25, -0.2) is 0 Å². The highest BCUT2D eigenvalue weighted by molar-refractivity contribution is 5.91. The van der Waals surface area contributed by atoms with Crippen LogP contribution >= 0.6 is 0 Å². The Morgan fingerprint density at radius 2 is 2.05 bits per heavy atom. The third-order valence-corrected chi connectivity index (χ3v) is 2.58. The second kappa shape index (κ2) is 7.96. The summed E-state index contributed by atoms with van der Waals surface area (Å²) >= 11 is 0. The monoisotopic (exact) mass is 306 g/mol. The first kappa shape index (κ1) is 17.4. The predicted molar refractivity (Wildman–Crippen MR) is 70.7 cm³/mol. The van der Waals surface area contributed by atoms with Crippen molar-refractivity contribution in [3.8, 4) is 0 Å². The standard InChI is InChI=1S/C13H17F3N2O3/c1-20-4-5-21-8-12(19)18-10-3-2-9(7-17)11(6-10)13(14,15)16/h2-3,6H,4-5,7-8,17H2,1H3,(H,18,19). The van der Waals surface area contributed by atoms with E-state index in [4.69, 9.17) is 15.2 Å². The normalized spacial score (nSPS) is 11.5. The zero-order chi connectivity index (χ0) is 15.9. The lowest BCUT2D eigenvalue weighted by Crippen LogP contribution is -2.20. The number of ether oxygens (including phenoxy) is 2. The molecule has 0 atom stereocenters. The number of anilines is 1. The van der Waals surface area contributed by atoms with E-state index in [-0.39, 0.29) is 31.0 Å². The van der Waals surface area contributed by atoms with Gasteiger partial charge in [-0.15, -0.1) is 0 Å². The molecule has 118 valence electrons. The molecule has 0 bridgehead atoms. The van der Waals surface area contributed by atoms with E-state index >= 15 is 0 Å². The van der Waals surface area contributed by atoms with Crippen LogP contribution in [0.4, 0.5) is 18.9 Å². The number of carbonyl (C=O) groups is 1. The Labute approximate surface area is 120 Å². The number of halogens is 3. The maximum Gasteiger partial charge on any atom is 0.416 e. The van der Waals surface area contributed by atoms with Crippen molar-refractivity contribution < 1.29 is 27.4 Å². The molecule has 5 nitrogen and oxygen atoms in total. The molecular weight excluding hydrogens is 289 g/mol. The fraction of sp³-hybridized carbons (Fsp3) is 0.462. The molecule has 0 heterocycles. The minimum Gasteiger partial charge on any atom is -0.382 e. The van der Waals surface area contributed by atoms with Crippen LogP contribution in [0.25, 0.3) is 0 Å². The molecule has 0 aliphatic carbocycles. The molecule has 1 rings (SSSR count). The van der Waals surface area contributed by atoms with Crippen LogP contribution in [0.5, 0.6) is 0 Å². The second-order valence-corrected chi connectivity index (χ2v) is 4.17. The van der Waals surface area contributed by atoms with Gasteiger partial charge in [0.1, 0.15) is 6.61 Å². The molecule has 1 aromatic carbocycles. The molecule has 0 fully saturated rings. The van der Waals surface area contributed by atoms with Crippen molar-refractivity contribution in [1.82, 2.24) is 0 Å². The predicted octanol–water partition coefficient (Wildman–Crippen LogP) is 1.77. The van der Waals surface area contributed by atoms with Gasteiger partial charge in [-0.05, 0) is 17.7 Å². The van der Waals surface area contributed by atoms with Crippen LogP contribution in [0, 0.1) is 0 Å². The summed E-state index contributed by atoms with van der Waals surface area (Å²) in [6.45, 7) is 0.0626. The molecule has 0 spiro atoms. The van der Waals surface area contributed by atoms with Crippen molar-refractivity contribution in [3.63, 3.8) is 0 Å². The van der Waals surface area contributed by atoms with Gasteiger partial charge in [0, 0.05) is 19.3 Å². The summed E-state index contributed by atoms with van der Waals surface area (Å²) in [4.78, 5) is 11.5. The first-order chi connectivity index (χ1) is 9.88. The van der Waals surface area contributed by atoms with Crippen molar-refractivity contribution in [3.05, 3.63) is 29.3 Å². The van der Waals surface area contributed by atoms with Gasteiger partial charge in [-0.3, -0.25) is 4.79 Å². The number of nitrogens with two attached hydrogens (primary N) is 1. The zero-order valence-corrected chi connectivity index (χ0v) is 11.5. The van der Waals surface area contributed by atoms with Gasteiger partial charge in [-0.2, -0.15) is 13.2 Å². The average Bonchev–Trinajstić information content (AvgIpc) is 2.42. The maximum absolute atomic E-state index is 12.8. The van der Waals surface area contributed by atoms with Crippen molar-refractivity contribution in [2.45, 2.75) is 12.7 Å². The minimum absolute atomic E-state index is 0.0307. The van der Waals surface area contributed by atoms with Crippen LogP contribution in [0.3, 0.4) is 0 Å². The Balaban J connectivity index is 2.70. The summed E-state index contributed by atoms with van der Waals surface area (Å²) in [5.74, 6) is -0.542. The molecule has 0 unspecified atom stereocenters. The van der Waals surface area contributed by atoms with E-state index < -0.39 is 17.6 Å². The molecule has 8 heteroatoms. The molecule has 1 amide bonds. The summed E-state index contributed by atoms with van der Waals surface area (Å²) in [7, 11) is 1.49. The molecule has 0 aliphatic rings. The van der Waals surface area contributed by atoms with E-state index in [2.05, 4.69) is 5.32 Å². The van der Waals surface area contributed by atoms with E-state index in [1.54, 1.807) is 0 Å². The van der Waals surface area contributed by atoms with Gasteiger partial charge in [0.25, 0.3) is 0 Å². The van der Waals surface area contributed by atoms with Crippen LogP contribution in [0.15, 0.2) is 18.2 Å². The lowest BCUT2D eigenvalue weighted by Gasteiger charge is -2.14. The number of methoxy groups -OCH3 is 1. The van der Waals surface area contributed by atoms with Gasteiger partial charge >= 0.3 is 6.18 Å². The first-order valence-electron chi connectivity index (χ1n) is 6.15. The molecule has 0 aliphatic heterocycles. The molecule has 3 N–H and O–H groups in total. The molecule has 0 saturated carbocycles. The van der Waals surface area contributed by atoms with Crippen LogP contribution in [-0.4, -0.2) is 32.8 Å². The fourth-order valence-corrected chi connectivity index (χ4v) is 1.60. The Hall–Kier alpha value is -1.64. The van der Waals surface area contributed by atoms with Crippen molar-refractivity contribution >= 4 is 11.6 Å². The van der Waals surface area contributed by atoms with Crippen LogP contribution in [0.1, 0.15) is 11.1 Å². The molecular formula is C13H17F3N2O3. The lowest BCUT2D eigenvalue weighted by molar-refractivity contribution is -0.138. The number of nitrogens with one attached hydrogen (secondary N) is 1. The van der Waals surface area contributed by atoms with Crippen LogP contribution in [-0.2, 0) is 27.0 Å². The number of carbonyl (C=O) groups excluding carboxylic acids is 1. The summed E-state index contributed by atoms with van der Waals surface area (Å²) < 4.78 is 48.2. The van der Waals surface area contributed by atoms with E-state index in [1.807, 2.05) is 0 Å². The third-order valence-electron chi connectivity index (χ3n) is 2.58. The summed E-state index contributed by atoms with van der Waals surface area (Å²) in [6, 6.07) is 3.46. The zero-order valence-electron chi connectivity index (χ0n) is 11.5. The Bertz CT molecular complexity index is 478. The van der Waals surface area contributed by atoms with Crippen LogP contribution in [0.2, 0.25) is 0 Å². The van der Waals surface area contributed by atoms with Gasteiger partial charge in [0.05, 0.1) is 18.8 Å². The van der Waals surface area contributed by atoms with Crippen molar-refractivity contribution in [2.75, 3.05) is 32.2 Å². The number of amides is 1. The van der Waals surface area contributed by atoms with E-state index in [0.717, 1.165) is 6.07 Å². The van der Waals surface area contributed by atoms with Gasteiger partial charge in [0.2, 0.25) is 5.91 Å². The fourth-order valence-electron chi connectivity index (χ4n) is 1.60. The number of hydrogen-bond donors (Lipinski definition) is 2. The highest BCUT2D eigenvalue weighted by Crippen LogP contribution is 2.33. The lowest BCUT2D eigenvalue weighted by atomic mass is 10.1. The smallest absolute Gasteiger partial charge is 0.382 e. The summed E-state index contributed by atoms with van der Waals surface area (Å²) in [5, 5.41) is 2.34. The number of hydrogen-bond acceptors (Lipinski definition) is 4. The molecule has 21 heavy (non-hydrogen) atoms. The quantitative estimate of drug-likeness (QED) is 0.753. The molecule has 0 radical (unpaired) electrons. The van der Waals surface area contributed by atoms with Gasteiger partial charge in [0.15, 0.2) is 0 Å². The molecule has 1 aromatic rings. The second-order valence-electron chi connectivity index (χ2n) is 4.17. The highest BCUT2D eigenvalue weighted by atomic mass is 19.4. The molecule has 0 aromatic heterocycles. The van der Waals surface area contributed by atoms with Crippen molar-refractivity contribution in [2.24, 2.45) is 5.73 Å². The van der Waals surface area contributed by atoms with E-state index in [0.29, 0.717) is 6.61 Å². The van der Waals surface area contributed by atoms with Crippen molar-refractivity contribution in [1.29, 1.82) is 0 Å². The third kappa shape index (κ3) is 5.70. The summed E-state index contributed by atoms with van der Waals surface area (Å²) in [6.07, 6.45) is -4.52. The van der Waals surface area contributed by atoms with E-state index in [1.165, 1.54) is 19.2 Å². The number of benzene rings is 1. The first-order valence-corrected chi connectivity index (χ1v) is 6.15. The van der Waals surface area contributed by atoms with Gasteiger partial charge in [-0.1, -0.05) is 6.07 Å². The average molecular weight is 306 g/mol. The molecule has 0 saturated heterocycles. The highest BCUT2D eigenvalue weighted by Gasteiger charge is 2.33. The Morgan fingerprint density at radius 1 is 1.33 bits per heavy atom. The van der Waals surface area contributed by atoms with Crippen LogP contribution < -0.4 is 11.1 Å². The topological polar surface area (TPSA) is 73.6 Å². The number of alkyl halides is 3. The largest absolute Gasteiger partial charge is 0.416 e. The SMILES string of the molecule is COCCOCC(=O)Nc1ccc(CN)c(C(F)(F)F)c1. The maximum atomic E-state index is 12.8.